The quantitative estimate of drug-likeness (QED) is 0.698. The molecule has 1 N–H and O–H groups in total. The van der Waals surface area contributed by atoms with Crippen LogP contribution in [-0.4, -0.2) is 17.0 Å². The predicted octanol–water partition coefficient (Wildman–Crippen LogP) is 4.07. The summed E-state index contributed by atoms with van der Waals surface area (Å²) in [6, 6.07) is 16.3. The Labute approximate surface area is 154 Å². The van der Waals surface area contributed by atoms with Gasteiger partial charge in [-0.05, 0) is 35.7 Å². The number of amides is 1. The smallest absolute Gasteiger partial charge is 0.222 e. The van der Waals surface area contributed by atoms with Gasteiger partial charge in [0, 0.05) is 36.6 Å². The van der Waals surface area contributed by atoms with Crippen LogP contribution >= 0.6 is 0 Å². The molecule has 4 nitrogen and oxygen atoms in total. The van der Waals surface area contributed by atoms with Crippen LogP contribution in [0, 0.1) is 5.92 Å². The van der Waals surface area contributed by atoms with Crippen LogP contribution in [-0.2, 0) is 24.9 Å². The van der Waals surface area contributed by atoms with E-state index in [2.05, 4.69) is 40.3 Å². The number of aryl methyl sites for hydroxylation is 1. The predicted molar refractivity (Wildman–Crippen MR) is 105 cm³/mol. The van der Waals surface area contributed by atoms with Crippen LogP contribution in [0.5, 0.6) is 5.75 Å². The molecule has 0 aliphatic rings. The fraction of sp³-hybridized carbons (Fsp3) is 0.318. The summed E-state index contributed by atoms with van der Waals surface area (Å²) in [7, 11) is 2.04. The normalized spacial score (nSPS) is 11.1. The molecule has 4 heteroatoms. The van der Waals surface area contributed by atoms with Crippen molar-refractivity contribution < 1.29 is 9.53 Å². The number of rotatable bonds is 7. The zero-order chi connectivity index (χ0) is 18.5. The third-order valence-electron chi connectivity index (χ3n) is 4.51. The topological polar surface area (TPSA) is 43.3 Å². The largest absolute Gasteiger partial charge is 0.489 e. The Kier molecular flexibility index (Phi) is 5.61. The molecule has 0 aliphatic heterocycles. The van der Waals surface area contributed by atoms with Crippen molar-refractivity contribution in [1.29, 1.82) is 0 Å². The Bertz CT molecular complexity index is 882. The van der Waals surface area contributed by atoms with Crippen molar-refractivity contribution in [2.45, 2.75) is 26.9 Å². The molecule has 26 heavy (non-hydrogen) atoms. The third kappa shape index (κ3) is 4.26. The van der Waals surface area contributed by atoms with Gasteiger partial charge in [0.2, 0.25) is 5.91 Å². The van der Waals surface area contributed by atoms with Gasteiger partial charge in [-0.1, -0.05) is 44.2 Å². The molecule has 0 saturated heterocycles. The number of nitrogens with one attached hydrogen (secondary N) is 1. The molecule has 0 unspecified atom stereocenters. The molecule has 0 atom stereocenters. The molecule has 0 radical (unpaired) electrons. The van der Waals surface area contributed by atoms with E-state index in [0.717, 1.165) is 17.7 Å². The van der Waals surface area contributed by atoms with Crippen LogP contribution in [0.1, 0.15) is 25.0 Å². The van der Waals surface area contributed by atoms with Gasteiger partial charge in [-0.15, -0.1) is 0 Å². The summed E-state index contributed by atoms with van der Waals surface area (Å²) in [6.45, 7) is 5.01. The summed E-state index contributed by atoms with van der Waals surface area (Å²) in [6.07, 6.45) is 2.94. The number of fused-ring (bicyclic) bond motifs is 1. The van der Waals surface area contributed by atoms with E-state index in [1.807, 2.05) is 45.2 Å². The van der Waals surface area contributed by atoms with Crippen LogP contribution in [0.25, 0.3) is 10.9 Å². The van der Waals surface area contributed by atoms with Gasteiger partial charge in [0.1, 0.15) is 12.4 Å². The van der Waals surface area contributed by atoms with Gasteiger partial charge < -0.3 is 14.6 Å². The van der Waals surface area contributed by atoms with E-state index >= 15 is 0 Å². The molecule has 3 rings (SSSR count). The van der Waals surface area contributed by atoms with Gasteiger partial charge >= 0.3 is 0 Å². The molecule has 136 valence electrons. The minimum atomic E-state index is 0.0144. The first-order valence-electron chi connectivity index (χ1n) is 9.07. The Balaban J connectivity index is 1.71. The number of benzene rings is 2. The van der Waals surface area contributed by atoms with Gasteiger partial charge in [0.05, 0.1) is 0 Å². The summed E-state index contributed by atoms with van der Waals surface area (Å²) in [5, 5.41) is 4.16. The molecule has 1 heterocycles. The molecular formula is C22H26N2O2. The van der Waals surface area contributed by atoms with Crippen molar-refractivity contribution in [3.05, 3.63) is 65.9 Å². The van der Waals surface area contributed by atoms with Crippen molar-refractivity contribution in [2.75, 3.05) is 6.54 Å². The fourth-order valence-electron chi connectivity index (χ4n) is 3.01. The molecule has 0 saturated carbocycles. The van der Waals surface area contributed by atoms with E-state index in [1.165, 1.54) is 16.5 Å². The second kappa shape index (κ2) is 8.09. The number of nitrogens with zero attached hydrogens (tertiary/aromatic N) is 1. The highest BCUT2D eigenvalue weighted by atomic mass is 16.5. The molecule has 0 bridgehead atoms. The highest BCUT2D eigenvalue weighted by molar-refractivity contribution is 5.85. The lowest BCUT2D eigenvalue weighted by Crippen LogP contribution is -2.29. The standard InChI is InChI=1S/C22H26N2O2/c1-16(2)22(25)23-12-11-18-14-24(3)21-10-9-19(13-20(18)21)26-15-17-7-5-4-6-8-17/h4-10,13-14,16H,11-12,15H2,1-3H3,(H,23,25). The minimum Gasteiger partial charge on any atom is -0.489 e. The van der Waals surface area contributed by atoms with Crippen molar-refractivity contribution in [1.82, 2.24) is 9.88 Å². The SMILES string of the molecule is CC(C)C(=O)NCCc1cn(C)c2ccc(OCc3ccccc3)cc12. The van der Waals surface area contributed by atoms with E-state index in [0.29, 0.717) is 13.2 Å². The molecule has 0 spiro atoms. The molecule has 1 aromatic heterocycles. The van der Waals surface area contributed by atoms with Crippen molar-refractivity contribution in [3.8, 4) is 5.75 Å². The van der Waals surface area contributed by atoms with Crippen LogP contribution in [0.4, 0.5) is 0 Å². The van der Waals surface area contributed by atoms with Crippen molar-refractivity contribution in [3.63, 3.8) is 0 Å². The monoisotopic (exact) mass is 350 g/mol. The number of hydrogen-bond acceptors (Lipinski definition) is 2. The number of carbonyl (C=O) groups is 1. The zero-order valence-corrected chi connectivity index (χ0v) is 15.7. The molecule has 2 aromatic carbocycles. The number of aromatic nitrogens is 1. The lowest BCUT2D eigenvalue weighted by Gasteiger charge is -2.08. The maximum atomic E-state index is 11.7. The third-order valence-corrected chi connectivity index (χ3v) is 4.51. The van der Waals surface area contributed by atoms with Gasteiger partial charge in [-0.25, -0.2) is 0 Å². The Hall–Kier alpha value is -2.75. The second-order valence-electron chi connectivity index (χ2n) is 6.91. The van der Waals surface area contributed by atoms with E-state index < -0.39 is 0 Å². The summed E-state index contributed by atoms with van der Waals surface area (Å²) in [4.78, 5) is 11.7. The summed E-state index contributed by atoms with van der Waals surface area (Å²) >= 11 is 0. The van der Waals surface area contributed by atoms with Crippen molar-refractivity contribution in [2.24, 2.45) is 13.0 Å². The average Bonchev–Trinajstić information content (AvgIpc) is 2.96. The molecule has 3 aromatic rings. The summed E-state index contributed by atoms with van der Waals surface area (Å²) in [5.74, 6) is 0.970. The Morgan fingerprint density at radius 1 is 1.15 bits per heavy atom. The Morgan fingerprint density at radius 3 is 2.65 bits per heavy atom. The first kappa shape index (κ1) is 18.1. The summed E-state index contributed by atoms with van der Waals surface area (Å²) < 4.78 is 8.08. The lowest BCUT2D eigenvalue weighted by atomic mass is 10.1. The molecule has 0 fully saturated rings. The maximum absolute atomic E-state index is 11.7. The lowest BCUT2D eigenvalue weighted by molar-refractivity contribution is -0.123. The molecular weight excluding hydrogens is 324 g/mol. The van der Waals surface area contributed by atoms with E-state index in [-0.39, 0.29) is 11.8 Å². The summed E-state index contributed by atoms with van der Waals surface area (Å²) in [5.41, 5.74) is 3.54. The van der Waals surface area contributed by atoms with Crippen LogP contribution < -0.4 is 10.1 Å². The minimum absolute atomic E-state index is 0.0144. The first-order valence-corrected chi connectivity index (χ1v) is 9.07. The second-order valence-corrected chi connectivity index (χ2v) is 6.91. The van der Waals surface area contributed by atoms with Crippen molar-refractivity contribution >= 4 is 16.8 Å². The number of ether oxygens (including phenoxy) is 1. The van der Waals surface area contributed by atoms with Crippen LogP contribution in [0.15, 0.2) is 54.7 Å². The van der Waals surface area contributed by atoms with Gasteiger partial charge in [-0.3, -0.25) is 4.79 Å². The fourth-order valence-corrected chi connectivity index (χ4v) is 3.01. The van der Waals surface area contributed by atoms with E-state index in [9.17, 15) is 4.79 Å². The van der Waals surface area contributed by atoms with Crippen LogP contribution in [0.3, 0.4) is 0 Å². The molecule has 1 amide bonds. The average molecular weight is 350 g/mol. The van der Waals surface area contributed by atoms with E-state index in [1.54, 1.807) is 0 Å². The Morgan fingerprint density at radius 2 is 1.92 bits per heavy atom. The van der Waals surface area contributed by atoms with Gasteiger partial charge in [0.25, 0.3) is 0 Å². The highest BCUT2D eigenvalue weighted by Crippen LogP contribution is 2.26. The number of hydrogen-bond donors (Lipinski definition) is 1. The van der Waals surface area contributed by atoms with Crippen LogP contribution in [0.2, 0.25) is 0 Å². The van der Waals surface area contributed by atoms with E-state index in [4.69, 9.17) is 4.74 Å². The number of carbonyl (C=O) groups excluding carboxylic acids is 1. The first-order chi connectivity index (χ1) is 12.5. The highest BCUT2D eigenvalue weighted by Gasteiger charge is 2.10. The molecule has 0 aliphatic carbocycles. The zero-order valence-electron chi connectivity index (χ0n) is 15.7. The van der Waals surface area contributed by atoms with Gasteiger partial charge in [-0.2, -0.15) is 0 Å². The maximum Gasteiger partial charge on any atom is 0.222 e. The van der Waals surface area contributed by atoms with Gasteiger partial charge in [0.15, 0.2) is 0 Å².